The van der Waals surface area contributed by atoms with Crippen molar-refractivity contribution in [2.24, 2.45) is 4.99 Å². The van der Waals surface area contributed by atoms with Crippen LogP contribution in [0.4, 0.5) is 5.69 Å². The van der Waals surface area contributed by atoms with Crippen molar-refractivity contribution >= 4 is 17.2 Å². The van der Waals surface area contributed by atoms with Gasteiger partial charge in [-0.25, -0.2) is 0 Å². The molecular weight excluding hydrogens is 356 g/mol. The summed E-state index contributed by atoms with van der Waals surface area (Å²) in [4.78, 5) is 28.2. The number of rotatable bonds is 7. The highest BCUT2D eigenvalue weighted by Gasteiger charge is 2.33. The molecule has 0 unspecified atom stereocenters. The monoisotopic (exact) mass is 380 g/mol. The molecule has 2 aromatic rings. The van der Waals surface area contributed by atoms with Gasteiger partial charge in [0.25, 0.3) is 5.69 Å². The van der Waals surface area contributed by atoms with Crippen molar-refractivity contribution in [3.05, 3.63) is 69.3 Å². The number of Topliss-reactive ketones (excluding diaryl/α,β-unsaturated/α-hetero) is 1. The van der Waals surface area contributed by atoms with E-state index in [1.165, 1.54) is 29.8 Å². The van der Waals surface area contributed by atoms with E-state index in [0.29, 0.717) is 5.56 Å². The van der Waals surface area contributed by atoms with Gasteiger partial charge in [0.15, 0.2) is 5.78 Å². The zero-order valence-corrected chi connectivity index (χ0v) is 16.4. The number of ether oxygens (including phenoxy) is 1. The van der Waals surface area contributed by atoms with E-state index in [1.54, 1.807) is 7.11 Å². The Morgan fingerprint density at radius 3 is 2.43 bits per heavy atom. The average Bonchev–Trinajstić information content (AvgIpc) is 2.73. The van der Waals surface area contributed by atoms with Gasteiger partial charge < -0.3 is 4.74 Å². The number of non-ortho nitro benzene ring substituents is 1. The Morgan fingerprint density at radius 1 is 1.18 bits per heavy atom. The van der Waals surface area contributed by atoms with E-state index in [4.69, 9.17) is 9.73 Å². The van der Waals surface area contributed by atoms with Crippen LogP contribution >= 0.6 is 0 Å². The summed E-state index contributed by atoms with van der Waals surface area (Å²) in [7, 11) is 1.62. The molecule has 0 spiro atoms. The summed E-state index contributed by atoms with van der Waals surface area (Å²) < 4.78 is 5.35. The molecule has 28 heavy (non-hydrogen) atoms. The van der Waals surface area contributed by atoms with Gasteiger partial charge in [-0.1, -0.05) is 19.9 Å². The maximum absolute atomic E-state index is 12.9. The Bertz CT molecular complexity index is 928. The van der Waals surface area contributed by atoms with Crippen LogP contribution in [-0.4, -0.2) is 29.1 Å². The van der Waals surface area contributed by atoms with Crippen molar-refractivity contribution < 1.29 is 14.5 Å². The Kier molecular flexibility index (Phi) is 5.58. The second-order valence-corrected chi connectivity index (χ2v) is 7.09. The van der Waals surface area contributed by atoms with Crippen molar-refractivity contribution in [2.75, 3.05) is 7.11 Å². The number of aliphatic imine (C=N–C) groups is 1. The second kappa shape index (κ2) is 7.92. The van der Waals surface area contributed by atoms with Gasteiger partial charge in [-0.15, -0.1) is 0 Å². The second-order valence-electron chi connectivity index (χ2n) is 7.09. The van der Waals surface area contributed by atoms with Crippen LogP contribution in [-0.2, 0) is 6.42 Å². The fourth-order valence-electron chi connectivity index (χ4n) is 3.66. The Hall–Kier alpha value is -3.02. The number of carbonyl (C=O) groups is 1. The van der Waals surface area contributed by atoms with Gasteiger partial charge in [-0.05, 0) is 49.1 Å². The summed E-state index contributed by atoms with van der Waals surface area (Å²) in [5.74, 6) is 0.625. The van der Waals surface area contributed by atoms with Crippen molar-refractivity contribution in [2.45, 2.75) is 45.1 Å². The number of fused-ring (bicyclic) bond motifs is 1. The smallest absolute Gasteiger partial charge is 0.269 e. The molecule has 0 N–H and O–H groups in total. The van der Waals surface area contributed by atoms with E-state index < -0.39 is 4.92 Å². The maximum atomic E-state index is 12.9. The van der Waals surface area contributed by atoms with Crippen molar-refractivity contribution in [3.63, 3.8) is 0 Å². The fraction of sp³-hybridized carbons (Fsp3) is 0.364. The summed E-state index contributed by atoms with van der Waals surface area (Å²) in [6.45, 7) is 4.24. The molecule has 0 aliphatic carbocycles. The summed E-state index contributed by atoms with van der Waals surface area (Å²) in [5.41, 5.74) is 3.09. The van der Waals surface area contributed by atoms with Crippen molar-refractivity contribution in [1.29, 1.82) is 0 Å². The van der Waals surface area contributed by atoms with Crippen LogP contribution in [0.1, 0.15) is 54.6 Å². The number of ketones is 1. The number of nitrogens with zero attached hydrogens (tertiary/aromatic N) is 2. The predicted octanol–water partition coefficient (Wildman–Crippen LogP) is 4.78. The number of hydrogen-bond donors (Lipinski definition) is 0. The van der Waals surface area contributed by atoms with Crippen molar-refractivity contribution in [1.82, 2.24) is 0 Å². The zero-order valence-electron chi connectivity index (χ0n) is 16.4. The number of benzene rings is 2. The Morgan fingerprint density at radius 2 is 1.86 bits per heavy atom. The molecule has 0 amide bonds. The van der Waals surface area contributed by atoms with Gasteiger partial charge in [0, 0.05) is 23.3 Å². The number of hydrogen-bond acceptors (Lipinski definition) is 5. The normalized spacial score (nSPS) is 14.8. The van der Waals surface area contributed by atoms with Crippen LogP contribution in [0.3, 0.4) is 0 Å². The molecule has 6 nitrogen and oxygen atoms in total. The minimum atomic E-state index is -0.473. The lowest BCUT2D eigenvalue weighted by Gasteiger charge is -2.34. The molecular formula is C22H24N2O4. The molecule has 0 saturated heterocycles. The largest absolute Gasteiger partial charge is 0.497 e. The molecule has 146 valence electrons. The minimum Gasteiger partial charge on any atom is -0.497 e. The van der Waals surface area contributed by atoms with E-state index in [-0.39, 0.29) is 23.4 Å². The standard InChI is InChI=1S/C22H24N2O4/c1-4-22(5-2)14-16-8-11-18(28-3)12-19(16)20(23-22)13-21(25)15-6-9-17(10-7-15)24(26)27/h6-12H,4-5,13-14H2,1-3H3. The van der Waals surface area contributed by atoms with Gasteiger partial charge >= 0.3 is 0 Å². The van der Waals surface area contributed by atoms with Gasteiger partial charge in [0.1, 0.15) is 5.75 Å². The lowest BCUT2D eigenvalue weighted by atomic mass is 9.80. The molecule has 1 heterocycles. The van der Waals surface area contributed by atoms with Gasteiger partial charge in [0.05, 0.1) is 29.7 Å². The van der Waals surface area contributed by atoms with E-state index in [0.717, 1.165) is 36.3 Å². The summed E-state index contributed by atoms with van der Waals surface area (Å²) in [6, 6.07) is 11.7. The minimum absolute atomic E-state index is 0.0300. The Balaban J connectivity index is 1.96. The van der Waals surface area contributed by atoms with E-state index in [1.807, 2.05) is 12.1 Å². The highest BCUT2D eigenvalue weighted by molar-refractivity contribution is 6.17. The van der Waals surface area contributed by atoms with Crippen LogP contribution < -0.4 is 4.74 Å². The van der Waals surface area contributed by atoms with Crippen molar-refractivity contribution in [3.8, 4) is 5.75 Å². The van der Waals surface area contributed by atoms with Crippen LogP contribution in [0, 0.1) is 10.1 Å². The first-order valence-electron chi connectivity index (χ1n) is 9.45. The first kappa shape index (κ1) is 19.7. The summed E-state index contributed by atoms with van der Waals surface area (Å²) >= 11 is 0. The molecule has 0 aromatic heterocycles. The van der Waals surface area contributed by atoms with Crippen LogP contribution in [0.25, 0.3) is 0 Å². The topological polar surface area (TPSA) is 81.8 Å². The van der Waals surface area contributed by atoms with Crippen LogP contribution in [0.2, 0.25) is 0 Å². The number of carbonyl (C=O) groups excluding carboxylic acids is 1. The van der Waals surface area contributed by atoms with E-state index in [9.17, 15) is 14.9 Å². The number of methoxy groups -OCH3 is 1. The quantitative estimate of drug-likeness (QED) is 0.393. The molecule has 3 rings (SSSR count). The van der Waals surface area contributed by atoms with Gasteiger partial charge in [-0.2, -0.15) is 0 Å². The molecule has 0 saturated carbocycles. The first-order valence-corrected chi connectivity index (χ1v) is 9.45. The highest BCUT2D eigenvalue weighted by Crippen LogP contribution is 2.35. The number of nitro groups is 1. The SMILES string of the molecule is CCC1(CC)Cc2ccc(OC)cc2C(CC(=O)c2ccc([N+](=O)[O-])cc2)=N1. The zero-order chi connectivity index (χ0) is 20.3. The highest BCUT2D eigenvalue weighted by atomic mass is 16.6. The van der Waals surface area contributed by atoms with E-state index in [2.05, 4.69) is 19.9 Å². The summed E-state index contributed by atoms with van der Waals surface area (Å²) in [5, 5.41) is 10.8. The molecule has 0 atom stereocenters. The molecule has 6 heteroatoms. The maximum Gasteiger partial charge on any atom is 0.269 e. The molecule has 2 aromatic carbocycles. The lowest BCUT2D eigenvalue weighted by Crippen LogP contribution is -2.34. The molecule has 1 aliphatic heterocycles. The molecule has 1 aliphatic rings. The third-order valence-corrected chi connectivity index (χ3v) is 5.56. The van der Waals surface area contributed by atoms with E-state index >= 15 is 0 Å². The van der Waals surface area contributed by atoms with Gasteiger partial charge in [0.2, 0.25) is 0 Å². The molecule has 0 fully saturated rings. The lowest BCUT2D eigenvalue weighted by molar-refractivity contribution is -0.384. The van der Waals surface area contributed by atoms with Crippen LogP contribution in [0.15, 0.2) is 47.5 Å². The average molecular weight is 380 g/mol. The number of nitro benzene ring substituents is 1. The summed E-state index contributed by atoms with van der Waals surface area (Å²) in [6.07, 6.45) is 2.78. The Labute approximate surface area is 164 Å². The first-order chi connectivity index (χ1) is 13.4. The molecule has 0 radical (unpaired) electrons. The predicted molar refractivity (Wildman–Crippen MR) is 109 cm³/mol. The van der Waals surface area contributed by atoms with Gasteiger partial charge in [-0.3, -0.25) is 19.9 Å². The molecule has 0 bridgehead atoms. The fourth-order valence-corrected chi connectivity index (χ4v) is 3.66. The third-order valence-electron chi connectivity index (χ3n) is 5.56. The van der Waals surface area contributed by atoms with Crippen LogP contribution in [0.5, 0.6) is 5.75 Å². The third kappa shape index (κ3) is 3.81.